The van der Waals surface area contributed by atoms with Gasteiger partial charge in [0.2, 0.25) is 0 Å². The Morgan fingerprint density at radius 2 is 2.13 bits per heavy atom. The molecular formula is C12H20N2S. The minimum absolute atomic E-state index is 0.847. The molecular weight excluding hydrogens is 204 g/mol. The summed E-state index contributed by atoms with van der Waals surface area (Å²) < 4.78 is 0. The second-order valence-electron chi connectivity index (χ2n) is 4.40. The number of rotatable bonds is 5. The van der Waals surface area contributed by atoms with Crippen LogP contribution in [0.2, 0.25) is 0 Å². The summed E-state index contributed by atoms with van der Waals surface area (Å²) in [6.07, 6.45) is 4.21. The highest BCUT2D eigenvalue weighted by Crippen LogP contribution is 2.26. The highest BCUT2D eigenvalue weighted by molar-refractivity contribution is 7.11. The van der Waals surface area contributed by atoms with Crippen molar-refractivity contribution in [2.45, 2.75) is 38.4 Å². The van der Waals surface area contributed by atoms with Crippen LogP contribution in [0.4, 0.5) is 0 Å². The van der Waals surface area contributed by atoms with E-state index in [1.807, 2.05) is 18.4 Å². The summed E-state index contributed by atoms with van der Waals surface area (Å²) in [6, 6.07) is 5.36. The third-order valence-corrected chi connectivity index (χ3v) is 4.24. The summed E-state index contributed by atoms with van der Waals surface area (Å²) >= 11 is 1.93. The standard InChI is InChI=1S/C12H20N2S/c1-13-8-11-6-7-12(15-11)9-14(2)10-4-3-5-10/h6-7,10,13H,3-5,8-9H2,1-2H3. The molecule has 0 radical (unpaired) electrons. The van der Waals surface area contributed by atoms with Crippen molar-refractivity contribution in [3.8, 4) is 0 Å². The molecule has 1 heterocycles. The Hall–Kier alpha value is -0.380. The molecule has 84 valence electrons. The van der Waals surface area contributed by atoms with Crippen molar-refractivity contribution in [1.82, 2.24) is 10.2 Å². The molecule has 1 fully saturated rings. The Morgan fingerprint density at radius 3 is 2.73 bits per heavy atom. The lowest BCUT2D eigenvalue weighted by atomic mass is 9.92. The van der Waals surface area contributed by atoms with Crippen LogP contribution in [0.1, 0.15) is 29.0 Å². The van der Waals surface area contributed by atoms with E-state index in [1.54, 1.807) is 0 Å². The van der Waals surface area contributed by atoms with E-state index >= 15 is 0 Å². The molecule has 1 aliphatic rings. The van der Waals surface area contributed by atoms with Crippen molar-refractivity contribution < 1.29 is 0 Å². The average Bonchev–Trinajstić information content (AvgIpc) is 2.49. The minimum Gasteiger partial charge on any atom is -0.315 e. The third kappa shape index (κ3) is 2.80. The summed E-state index contributed by atoms with van der Waals surface area (Å²) in [5.41, 5.74) is 0. The zero-order valence-electron chi connectivity index (χ0n) is 9.62. The molecule has 1 N–H and O–H groups in total. The monoisotopic (exact) mass is 224 g/mol. The van der Waals surface area contributed by atoms with E-state index in [9.17, 15) is 0 Å². The molecule has 2 nitrogen and oxygen atoms in total. The lowest BCUT2D eigenvalue weighted by Gasteiger charge is -2.34. The number of nitrogens with zero attached hydrogens (tertiary/aromatic N) is 1. The van der Waals surface area contributed by atoms with Crippen molar-refractivity contribution in [2.24, 2.45) is 0 Å². The predicted molar refractivity (Wildman–Crippen MR) is 66.2 cm³/mol. The Labute approximate surface area is 96.3 Å². The highest BCUT2D eigenvalue weighted by atomic mass is 32.1. The van der Waals surface area contributed by atoms with Crippen LogP contribution in [0.5, 0.6) is 0 Å². The first-order valence-corrected chi connectivity index (χ1v) is 6.53. The SMILES string of the molecule is CNCc1ccc(CN(C)C2CCC2)s1. The fraction of sp³-hybridized carbons (Fsp3) is 0.667. The summed E-state index contributed by atoms with van der Waals surface area (Å²) in [7, 11) is 4.25. The van der Waals surface area contributed by atoms with Crippen LogP contribution in [-0.2, 0) is 13.1 Å². The van der Waals surface area contributed by atoms with E-state index in [4.69, 9.17) is 0 Å². The molecule has 1 saturated carbocycles. The van der Waals surface area contributed by atoms with Gasteiger partial charge >= 0.3 is 0 Å². The van der Waals surface area contributed by atoms with Crippen LogP contribution in [0.15, 0.2) is 12.1 Å². The van der Waals surface area contributed by atoms with Gasteiger partial charge in [0.05, 0.1) is 0 Å². The van der Waals surface area contributed by atoms with Gasteiger partial charge < -0.3 is 5.32 Å². The fourth-order valence-corrected chi connectivity index (χ4v) is 3.07. The molecule has 0 spiro atoms. The van der Waals surface area contributed by atoms with Gasteiger partial charge in [0.1, 0.15) is 0 Å². The molecule has 0 bridgehead atoms. The predicted octanol–water partition coefficient (Wildman–Crippen LogP) is 2.45. The van der Waals surface area contributed by atoms with Gasteiger partial charge in [-0.3, -0.25) is 4.90 Å². The first-order chi connectivity index (χ1) is 7.29. The Balaban J connectivity index is 1.86. The maximum Gasteiger partial charge on any atom is 0.0327 e. The number of hydrogen-bond donors (Lipinski definition) is 1. The number of nitrogens with one attached hydrogen (secondary N) is 1. The molecule has 2 rings (SSSR count). The molecule has 0 saturated heterocycles. The van der Waals surface area contributed by atoms with Crippen molar-refractivity contribution in [3.05, 3.63) is 21.9 Å². The van der Waals surface area contributed by atoms with Gasteiger partial charge in [-0.05, 0) is 39.1 Å². The van der Waals surface area contributed by atoms with Gasteiger partial charge in [-0.1, -0.05) is 6.42 Å². The summed E-state index contributed by atoms with van der Waals surface area (Å²) in [6.45, 7) is 2.12. The summed E-state index contributed by atoms with van der Waals surface area (Å²) in [5, 5.41) is 3.19. The van der Waals surface area contributed by atoms with Crippen LogP contribution in [0.3, 0.4) is 0 Å². The number of thiophene rings is 1. The molecule has 15 heavy (non-hydrogen) atoms. The first kappa shape index (κ1) is 11.1. The lowest BCUT2D eigenvalue weighted by molar-refractivity contribution is 0.154. The average molecular weight is 224 g/mol. The second kappa shape index (κ2) is 5.10. The normalized spacial score (nSPS) is 17.0. The van der Waals surface area contributed by atoms with Gasteiger partial charge in [-0.15, -0.1) is 11.3 Å². The van der Waals surface area contributed by atoms with Gasteiger partial charge in [0, 0.05) is 28.9 Å². The van der Waals surface area contributed by atoms with Gasteiger partial charge in [0.15, 0.2) is 0 Å². The zero-order chi connectivity index (χ0) is 10.7. The molecule has 1 aromatic heterocycles. The molecule has 0 aromatic carbocycles. The first-order valence-electron chi connectivity index (χ1n) is 5.72. The van der Waals surface area contributed by atoms with Crippen molar-refractivity contribution in [1.29, 1.82) is 0 Å². The maximum absolute atomic E-state index is 3.19. The van der Waals surface area contributed by atoms with E-state index in [1.165, 1.54) is 29.0 Å². The molecule has 3 heteroatoms. The van der Waals surface area contributed by atoms with Crippen LogP contribution in [0, 0.1) is 0 Å². The summed E-state index contributed by atoms with van der Waals surface area (Å²) in [4.78, 5) is 5.43. The number of hydrogen-bond acceptors (Lipinski definition) is 3. The van der Waals surface area contributed by atoms with Crippen molar-refractivity contribution in [2.75, 3.05) is 14.1 Å². The van der Waals surface area contributed by atoms with Crippen molar-refractivity contribution >= 4 is 11.3 Å². The molecule has 0 amide bonds. The largest absolute Gasteiger partial charge is 0.315 e. The van der Waals surface area contributed by atoms with E-state index < -0.39 is 0 Å². The zero-order valence-corrected chi connectivity index (χ0v) is 10.4. The highest BCUT2D eigenvalue weighted by Gasteiger charge is 2.21. The van der Waals surface area contributed by atoms with E-state index in [0.717, 1.165) is 19.1 Å². The molecule has 1 aliphatic carbocycles. The Morgan fingerprint density at radius 1 is 1.40 bits per heavy atom. The smallest absolute Gasteiger partial charge is 0.0327 e. The van der Waals surface area contributed by atoms with Crippen LogP contribution < -0.4 is 5.32 Å². The van der Waals surface area contributed by atoms with Crippen LogP contribution in [-0.4, -0.2) is 25.0 Å². The third-order valence-electron chi connectivity index (χ3n) is 3.17. The topological polar surface area (TPSA) is 15.3 Å². The fourth-order valence-electron chi connectivity index (χ4n) is 1.98. The van der Waals surface area contributed by atoms with Crippen LogP contribution in [0.25, 0.3) is 0 Å². The Bertz CT molecular complexity index is 304. The Kier molecular flexibility index (Phi) is 3.78. The van der Waals surface area contributed by atoms with Gasteiger partial charge in [-0.2, -0.15) is 0 Å². The molecule has 0 atom stereocenters. The van der Waals surface area contributed by atoms with E-state index in [2.05, 4.69) is 29.4 Å². The van der Waals surface area contributed by atoms with Gasteiger partial charge in [0.25, 0.3) is 0 Å². The quantitative estimate of drug-likeness (QED) is 0.826. The van der Waals surface area contributed by atoms with E-state index in [0.29, 0.717) is 0 Å². The molecule has 0 aliphatic heterocycles. The minimum atomic E-state index is 0.847. The van der Waals surface area contributed by atoms with Gasteiger partial charge in [-0.25, -0.2) is 0 Å². The lowest BCUT2D eigenvalue weighted by Crippen LogP contribution is -2.36. The maximum atomic E-state index is 3.19. The molecule has 0 unspecified atom stereocenters. The molecule has 1 aromatic rings. The van der Waals surface area contributed by atoms with Crippen LogP contribution >= 0.6 is 11.3 Å². The van der Waals surface area contributed by atoms with E-state index in [-0.39, 0.29) is 0 Å². The van der Waals surface area contributed by atoms with Crippen molar-refractivity contribution in [3.63, 3.8) is 0 Å². The summed E-state index contributed by atoms with van der Waals surface area (Å²) in [5.74, 6) is 0. The second-order valence-corrected chi connectivity index (χ2v) is 5.65.